The molecule has 0 aromatic heterocycles. The number of benzene rings is 1. The van der Waals surface area contributed by atoms with Crippen LogP contribution in [-0.2, 0) is 16.8 Å². The van der Waals surface area contributed by atoms with Crippen molar-refractivity contribution < 1.29 is 13.5 Å². The molecule has 1 aromatic carbocycles. The van der Waals surface area contributed by atoms with E-state index in [0.717, 1.165) is 5.56 Å². The minimum atomic E-state index is -3.60. The Morgan fingerprint density at radius 3 is 2.38 bits per heavy atom. The van der Waals surface area contributed by atoms with Gasteiger partial charge in [0.25, 0.3) is 10.2 Å². The number of nitrogens with one attached hydrogen (secondary N) is 1. The first-order valence-corrected chi connectivity index (χ1v) is 8.53. The molecule has 5 nitrogen and oxygen atoms in total. The summed E-state index contributed by atoms with van der Waals surface area (Å²) in [6.45, 7) is 5.93. The normalized spacial score (nSPS) is 15.4. The second-order valence-electron chi connectivity index (χ2n) is 6.16. The minimum Gasteiger partial charge on any atom is -0.389 e. The Balaban J connectivity index is 2.60. The van der Waals surface area contributed by atoms with Crippen molar-refractivity contribution in [2.24, 2.45) is 5.92 Å². The fourth-order valence-electron chi connectivity index (χ4n) is 2.23. The predicted octanol–water partition coefficient (Wildman–Crippen LogP) is 1.75. The first-order chi connectivity index (χ1) is 9.62. The van der Waals surface area contributed by atoms with Crippen molar-refractivity contribution in [1.82, 2.24) is 9.03 Å². The van der Waals surface area contributed by atoms with Crippen LogP contribution in [0.15, 0.2) is 30.3 Å². The number of nitrogens with zero attached hydrogens (tertiary/aromatic N) is 1. The Morgan fingerprint density at radius 1 is 1.29 bits per heavy atom. The van der Waals surface area contributed by atoms with Crippen LogP contribution < -0.4 is 4.72 Å². The highest BCUT2D eigenvalue weighted by Gasteiger charge is 2.26. The summed E-state index contributed by atoms with van der Waals surface area (Å²) >= 11 is 0. The van der Waals surface area contributed by atoms with Gasteiger partial charge in [-0.25, -0.2) is 0 Å². The third-order valence-electron chi connectivity index (χ3n) is 3.14. The first kappa shape index (κ1) is 18.1. The number of hydrogen-bond donors (Lipinski definition) is 2. The van der Waals surface area contributed by atoms with Crippen LogP contribution in [0.2, 0.25) is 0 Å². The molecule has 0 radical (unpaired) electrons. The number of rotatable bonds is 8. The van der Waals surface area contributed by atoms with Crippen molar-refractivity contribution in [3.05, 3.63) is 35.9 Å². The molecule has 1 rings (SSSR count). The van der Waals surface area contributed by atoms with Crippen molar-refractivity contribution >= 4 is 10.2 Å². The third-order valence-corrected chi connectivity index (χ3v) is 4.60. The van der Waals surface area contributed by atoms with E-state index in [-0.39, 0.29) is 6.54 Å². The molecule has 0 aliphatic heterocycles. The van der Waals surface area contributed by atoms with Crippen molar-refractivity contribution in [1.29, 1.82) is 0 Å². The quantitative estimate of drug-likeness (QED) is 0.768. The van der Waals surface area contributed by atoms with Crippen LogP contribution in [0.5, 0.6) is 0 Å². The fourth-order valence-corrected chi connectivity index (χ4v) is 3.27. The van der Waals surface area contributed by atoms with Gasteiger partial charge in [-0.1, -0.05) is 44.2 Å². The molecule has 0 bridgehead atoms. The van der Waals surface area contributed by atoms with Crippen molar-refractivity contribution in [3.63, 3.8) is 0 Å². The summed E-state index contributed by atoms with van der Waals surface area (Å²) in [7, 11) is -2.08. The lowest BCUT2D eigenvalue weighted by molar-refractivity contribution is 0.0433. The molecule has 0 aliphatic rings. The zero-order chi connectivity index (χ0) is 16.1. The maximum atomic E-state index is 12.2. The topological polar surface area (TPSA) is 69.6 Å². The van der Waals surface area contributed by atoms with E-state index in [2.05, 4.69) is 4.72 Å². The van der Waals surface area contributed by atoms with E-state index in [1.165, 1.54) is 11.4 Å². The molecule has 0 heterocycles. The van der Waals surface area contributed by atoms with Gasteiger partial charge in [0.05, 0.1) is 5.60 Å². The molecule has 1 aromatic rings. The van der Waals surface area contributed by atoms with E-state index in [1.54, 1.807) is 6.92 Å². The maximum absolute atomic E-state index is 12.2. The van der Waals surface area contributed by atoms with Crippen LogP contribution in [-0.4, -0.2) is 37.0 Å². The molecule has 0 saturated heterocycles. The molecule has 2 N–H and O–H groups in total. The highest BCUT2D eigenvalue weighted by molar-refractivity contribution is 7.87. The summed E-state index contributed by atoms with van der Waals surface area (Å²) < 4.78 is 28.1. The monoisotopic (exact) mass is 314 g/mol. The standard InChI is InChI=1S/C15H26N2O3S/c1-13(2)10-15(3,18)12-16-21(19,20)17(4)11-14-8-6-5-7-9-14/h5-9,13,16,18H,10-12H2,1-4H3. The molecule has 0 amide bonds. The predicted molar refractivity (Wildman–Crippen MR) is 84.9 cm³/mol. The van der Waals surface area contributed by atoms with Gasteiger partial charge in [0.15, 0.2) is 0 Å². The highest BCUT2D eigenvalue weighted by atomic mass is 32.2. The van der Waals surface area contributed by atoms with E-state index in [4.69, 9.17) is 0 Å². The van der Waals surface area contributed by atoms with E-state index < -0.39 is 15.8 Å². The van der Waals surface area contributed by atoms with Crippen LogP contribution in [0.25, 0.3) is 0 Å². The molecular weight excluding hydrogens is 288 g/mol. The largest absolute Gasteiger partial charge is 0.389 e. The van der Waals surface area contributed by atoms with Gasteiger partial charge in [0, 0.05) is 20.1 Å². The first-order valence-electron chi connectivity index (χ1n) is 7.09. The molecule has 0 spiro atoms. The molecule has 0 aliphatic carbocycles. The second-order valence-corrected chi connectivity index (χ2v) is 8.02. The summed E-state index contributed by atoms with van der Waals surface area (Å²) in [4.78, 5) is 0. The van der Waals surface area contributed by atoms with Gasteiger partial charge in [-0.2, -0.15) is 17.4 Å². The minimum absolute atomic E-state index is 0.00659. The van der Waals surface area contributed by atoms with Crippen molar-refractivity contribution in [2.45, 2.75) is 39.3 Å². The second kappa shape index (κ2) is 7.35. The van der Waals surface area contributed by atoms with E-state index in [9.17, 15) is 13.5 Å². The number of hydrogen-bond acceptors (Lipinski definition) is 3. The van der Waals surface area contributed by atoms with Crippen molar-refractivity contribution in [3.8, 4) is 0 Å². The summed E-state index contributed by atoms with van der Waals surface area (Å²) in [5, 5.41) is 10.2. The van der Waals surface area contributed by atoms with Crippen molar-refractivity contribution in [2.75, 3.05) is 13.6 Å². The Bertz CT molecular complexity index is 527. The molecule has 0 fully saturated rings. The molecule has 1 unspecified atom stereocenters. The molecule has 0 saturated carbocycles. The summed E-state index contributed by atoms with van der Waals surface area (Å²) in [6.07, 6.45) is 0.540. The average Bonchev–Trinajstić information content (AvgIpc) is 2.36. The fraction of sp³-hybridized carbons (Fsp3) is 0.600. The molecule has 120 valence electrons. The lowest BCUT2D eigenvalue weighted by Crippen LogP contribution is -2.46. The summed E-state index contributed by atoms with van der Waals surface area (Å²) in [5.41, 5.74) is -0.131. The molecule has 1 atom stereocenters. The summed E-state index contributed by atoms with van der Waals surface area (Å²) in [6, 6.07) is 9.38. The third kappa shape index (κ3) is 6.56. The zero-order valence-corrected chi connectivity index (χ0v) is 14.0. The average molecular weight is 314 g/mol. The Hall–Kier alpha value is -0.950. The number of aliphatic hydroxyl groups is 1. The van der Waals surface area contributed by atoms with Crippen LogP contribution in [0.4, 0.5) is 0 Å². The van der Waals surface area contributed by atoms with Crippen LogP contribution in [0.1, 0.15) is 32.8 Å². The van der Waals surface area contributed by atoms with Gasteiger partial charge in [-0.05, 0) is 24.8 Å². The smallest absolute Gasteiger partial charge is 0.279 e. The van der Waals surface area contributed by atoms with E-state index >= 15 is 0 Å². The lowest BCUT2D eigenvalue weighted by atomic mass is 9.95. The van der Waals surface area contributed by atoms with E-state index in [1.807, 2.05) is 44.2 Å². The van der Waals surface area contributed by atoms with Gasteiger partial charge in [0.2, 0.25) is 0 Å². The van der Waals surface area contributed by atoms with Crippen LogP contribution in [0.3, 0.4) is 0 Å². The zero-order valence-electron chi connectivity index (χ0n) is 13.2. The van der Waals surface area contributed by atoms with Gasteiger partial charge in [0.1, 0.15) is 0 Å². The van der Waals surface area contributed by atoms with Gasteiger partial charge < -0.3 is 5.11 Å². The van der Waals surface area contributed by atoms with Gasteiger partial charge in [-0.15, -0.1) is 0 Å². The van der Waals surface area contributed by atoms with Crippen LogP contribution in [0, 0.1) is 5.92 Å². The molecule has 6 heteroatoms. The van der Waals surface area contributed by atoms with E-state index in [0.29, 0.717) is 18.9 Å². The highest BCUT2D eigenvalue weighted by Crippen LogP contribution is 2.16. The van der Waals surface area contributed by atoms with Gasteiger partial charge in [-0.3, -0.25) is 0 Å². The van der Waals surface area contributed by atoms with Gasteiger partial charge >= 0.3 is 0 Å². The molecular formula is C15H26N2O3S. The Labute approximate surface area is 128 Å². The summed E-state index contributed by atoms with van der Waals surface area (Å²) in [5.74, 6) is 0.298. The Kier molecular flexibility index (Phi) is 6.34. The SMILES string of the molecule is CC(C)CC(C)(O)CNS(=O)(=O)N(C)Cc1ccccc1. The van der Waals surface area contributed by atoms with Crippen LogP contribution >= 0.6 is 0 Å². The molecule has 21 heavy (non-hydrogen) atoms. The maximum Gasteiger partial charge on any atom is 0.279 e. The Morgan fingerprint density at radius 2 is 1.86 bits per heavy atom. The lowest BCUT2D eigenvalue weighted by Gasteiger charge is -2.27.